The predicted molar refractivity (Wildman–Crippen MR) is 40.7 cm³/mol. The van der Waals surface area contributed by atoms with Gasteiger partial charge < -0.3 is 5.32 Å². The summed E-state index contributed by atoms with van der Waals surface area (Å²) in [5.41, 5.74) is 0. The quantitative estimate of drug-likeness (QED) is 0.426. The fourth-order valence-corrected chi connectivity index (χ4v) is 1.72. The minimum Gasteiger partial charge on any atom is -0.324 e. The van der Waals surface area contributed by atoms with E-state index in [1.54, 1.807) is 0 Å². The molecular formula is C7H13N3O. The molecule has 3 N–H and O–H groups in total. The normalized spacial score (nSPS) is 37.6. The summed E-state index contributed by atoms with van der Waals surface area (Å²) in [5, 5.41) is 9.34. The van der Waals surface area contributed by atoms with Crippen LogP contribution in [0, 0.1) is 0 Å². The molecular weight excluding hydrogens is 142 g/mol. The number of amides is 1. The molecule has 2 aliphatic rings. The molecule has 62 valence electrons. The standard InChI is InChI=1S/C7H13N3O/c11-6-5-9-7(10-6)3-1-2-4-8-7/h8-9H,1-5H2,(H,10,11). The smallest absolute Gasteiger partial charge is 0.236 e. The zero-order chi connectivity index (χ0) is 7.73. The third-order valence-electron chi connectivity index (χ3n) is 2.31. The highest BCUT2D eigenvalue weighted by molar-refractivity contribution is 5.81. The van der Waals surface area contributed by atoms with Crippen molar-refractivity contribution in [2.75, 3.05) is 13.1 Å². The van der Waals surface area contributed by atoms with Crippen molar-refractivity contribution in [1.29, 1.82) is 0 Å². The van der Waals surface area contributed by atoms with Crippen LogP contribution in [0.5, 0.6) is 0 Å². The summed E-state index contributed by atoms with van der Waals surface area (Å²) in [6.07, 6.45) is 3.39. The summed E-state index contributed by atoms with van der Waals surface area (Å²) in [4.78, 5) is 10.9. The van der Waals surface area contributed by atoms with E-state index in [0.717, 1.165) is 13.0 Å². The first kappa shape index (κ1) is 7.06. The number of nitrogens with one attached hydrogen (secondary N) is 3. The van der Waals surface area contributed by atoms with Gasteiger partial charge >= 0.3 is 0 Å². The molecule has 2 fully saturated rings. The maximum atomic E-state index is 10.9. The maximum absolute atomic E-state index is 10.9. The summed E-state index contributed by atoms with van der Waals surface area (Å²) in [7, 11) is 0. The molecule has 1 amide bonds. The Balaban J connectivity index is 2.03. The zero-order valence-electron chi connectivity index (χ0n) is 6.44. The molecule has 1 spiro atoms. The molecule has 2 aliphatic heterocycles. The third-order valence-corrected chi connectivity index (χ3v) is 2.31. The predicted octanol–water partition coefficient (Wildman–Crippen LogP) is -0.867. The van der Waals surface area contributed by atoms with Crippen molar-refractivity contribution >= 4 is 5.91 Å². The Morgan fingerprint density at radius 3 is 2.73 bits per heavy atom. The van der Waals surface area contributed by atoms with Gasteiger partial charge in [-0.05, 0) is 25.8 Å². The molecule has 11 heavy (non-hydrogen) atoms. The minimum atomic E-state index is -0.255. The lowest BCUT2D eigenvalue weighted by molar-refractivity contribution is -0.119. The van der Waals surface area contributed by atoms with Gasteiger partial charge in [0.1, 0.15) is 5.79 Å². The lowest BCUT2D eigenvalue weighted by Gasteiger charge is -2.34. The molecule has 0 bridgehead atoms. The SMILES string of the molecule is O=C1CNC2(CCCCN2)N1. The van der Waals surface area contributed by atoms with E-state index in [1.807, 2.05) is 0 Å². The van der Waals surface area contributed by atoms with E-state index < -0.39 is 0 Å². The van der Waals surface area contributed by atoms with Gasteiger partial charge in [-0.25, -0.2) is 0 Å². The molecule has 1 atom stereocenters. The average molecular weight is 155 g/mol. The number of hydrogen-bond donors (Lipinski definition) is 3. The van der Waals surface area contributed by atoms with E-state index in [2.05, 4.69) is 16.0 Å². The van der Waals surface area contributed by atoms with Crippen molar-refractivity contribution in [1.82, 2.24) is 16.0 Å². The van der Waals surface area contributed by atoms with Crippen molar-refractivity contribution in [2.24, 2.45) is 0 Å². The van der Waals surface area contributed by atoms with E-state index in [0.29, 0.717) is 6.54 Å². The Hall–Kier alpha value is -0.610. The Morgan fingerprint density at radius 1 is 1.27 bits per heavy atom. The summed E-state index contributed by atoms with van der Waals surface area (Å²) in [6.45, 7) is 1.44. The Labute approximate surface area is 65.7 Å². The van der Waals surface area contributed by atoms with Crippen LogP contribution in [0.15, 0.2) is 0 Å². The van der Waals surface area contributed by atoms with Crippen LogP contribution in [0.3, 0.4) is 0 Å². The van der Waals surface area contributed by atoms with Gasteiger partial charge in [-0.15, -0.1) is 0 Å². The second kappa shape index (κ2) is 2.46. The highest BCUT2D eigenvalue weighted by Crippen LogP contribution is 2.15. The highest BCUT2D eigenvalue weighted by Gasteiger charge is 2.37. The van der Waals surface area contributed by atoms with E-state index in [4.69, 9.17) is 0 Å². The topological polar surface area (TPSA) is 53.2 Å². The van der Waals surface area contributed by atoms with Crippen LogP contribution >= 0.6 is 0 Å². The summed E-state index contributed by atoms with van der Waals surface area (Å²) in [5.74, 6) is -0.158. The van der Waals surface area contributed by atoms with E-state index >= 15 is 0 Å². The highest BCUT2D eigenvalue weighted by atomic mass is 16.2. The Bertz CT molecular complexity index is 175. The summed E-state index contributed by atoms with van der Waals surface area (Å²) in [6, 6.07) is 0. The average Bonchev–Trinajstić information content (AvgIpc) is 2.34. The van der Waals surface area contributed by atoms with Gasteiger partial charge in [-0.3, -0.25) is 15.4 Å². The third kappa shape index (κ3) is 1.23. The summed E-state index contributed by atoms with van der Waals surface area (Å²) >= 11 is 0. The molecule has 4 heteroatoms. The number of carbonyl (C=O) groups excluding carboxylic acids is 1. The first-order chi connectivity index (χ1) is 5.31. The van der Waals surface area contributed by atoms with Gasteiger partial charge in [0.25, 0.3) is 0 Å². The van der Waals surface area contributed by atoms with Crippen molar-refractivity contribution in [3.8, 4) is 0 Å². The van der Waals surface area contributed by atoms with Crippen molar-refractivity contribution < 1.29 is 4.79 Å². The fourth-order valence-electron chi connectivity index (χ4n) is 1.72. The molecule has 0 saturated carbocycles. The van der Waals surface area contributed by atoms with Crippen LogP contribution in [0.25, 0.3) is 0 Å². The maximum Gasteiger partial charge on any atom is 0.236 e. The fraction of sp³-hybridized carbons (Fsp3) is 0.857. The number of piperidine rings is 1. The first-order valence-electron chi connectivity index (χ1n) is 4.12. The molecule has 0 aromatic rings. The van der Waals surface area contributed by atoms with Gasteiger partial charge in [0.15, 0.2) is 0 Å². The monoisotopic (exact) mass is 155 g/mol. The first-order valence-corrected chi connectivity index (χ1v) is 4.12. The van der Waals surface area contributed by atoms with E-state index in [-0.39, 0.29) is 11.7 Å². The molecule has 0 aliphatic carbocycles. The van der Waals surface area contributed by atoms with Crippen LogP contribution in [-0.4, -0.2) is 24.8 Å². The zero-order valence-corrected chi connectivity index (χ0v) is 6.44. The van der Waals surface area contributed by atoms with Crippen LogP contribution in [0.1, 0.15) is 19.3 Å². The molecule has 0 radical (unpaired) electrons. The van der Waals surface area contributed by atoms with Crippen LogP contribution in [0.2, 0.25) is 0 Å². The molecule has 2 heterocycles. The number of carbonyl (C=O) groups is 1. The molecule has 0 aromatic heterocycles. The lowest BCUT2D eigenvalue weighted by Crippen LogP contribution is -2.62. The van der Waals surface area contributed by atoms with Gasteiger partial charge in [-0.1, -0.05) is 0 Å². The van der Waals surface area contributed by atoms with Crippen molar-refractivity contribution in [2.45, 2.75) is 25.0 Å². The second-order valence-corrected chi connectivity index (χ2v) is 3.19. The molecule has 1 unspecified atom stereocenters. The molecule has 2 saturated heterocycles. The summed E-state index contributed by atoms with van der Waals surface area (Å²) < 4.78 is 0. The van der Waals surface area contributed by atoms with Crippen LogP contribution in [0.4, 0.5) is 0 Å². The van der Waals surface area contributed by atoms with Crippen LogP contribution in [-0.2, 0) is 4.79 Å². The molecule has 0 aromatic carbocycles. The molecule has 4 nitrogen and oxygen atoms in total. The van der Waals surface area contributed by atoms with Gasteiger partial charge in [-0.2, -0.15) is 0 Å². The van der Waals surface area contributed by atoms with Crippen molar-refractivity contribution in [3.63, 3.8) is 0 Å². The number of rotatable bonds is 0. The van der Waals surface area contributed by atoms with Crippen molar-refractivity contribution in [3.05, 3.63) is 0 Å². The second-order valence-electron chi connectivity index (χ2n) is 3.19. The van der Waals surface area contributed by atoms with E-state index in [9.17, 15) is 4.79 Å². The Kier molecular flexibility index (Phi) is 1.58. The molecule has 2 rings (SSSR count). The van der Waals surface area contributed by atoms with E-state index in [1.165, 1.54) is 12.8 Å². The van der Waals surface area contributed by atoms with Gasteiger partial charge in [0.05, 0.1) is 6.54 Å². The minimum absolute atomic E-state index is 0.0967. The largest absolute Gasteiger partial charge is 0.324 e. The lowest BCUT2D eigenvalue weighted by atomic mass is 10.1. The number of hydrogen-bond acceptors (Lipinski definition) is 3. The van der Waals surface area contributed by atoms with Gasteiger partial charge in [0, 0.05) is 0 Å². The van der Waals surface area contributed by atoms with Gasteiger partial charge in [0.2, 0.25) is 5.91 Å². The Morgan fingerprint density at radius 2 is 2.18 bits per heavy atom. The van der Waals surface area contributed by atoms with Crippen LogP contribution < -0.4 is 16.0 Å².